The monoisotopic (exact) mass is 335 g/mol. The van der Waals surface area contributed by atoms with Crippen molar-refractivity contribution in [2.45, 2.75) is 24.7 Å². The molecule has 1 aliphatic heterocycles. The van der Waals surface area contributed by atoms with Crippen LogP contribution in [0.1, 0.15) is 19.8 Å². The summed E-state index contributed by atoms with van der Waals surface area (Å²) in [5.41, 5.74) is 2.32. The van der Waals surface area contributed by atoms with E-state index in [2.05, 4.69) is 6.92 Å². The molecule has 0 atom stereocenters. The highest BCUT2D eigenvalue weighted by Crippen LogP contribution is 2.37. The lowest BCUT2D eigenvalue weighted by molar-refractivity contribution is 0.601. The van der Waals surface area contributed by atoms with Gasteiger partial charge in [-0.15, -0.1) is 11.8 Å². The molecule has 0 fully saturated rings. The van der Waals surface area contributed by atoms with Gasteiger partial charge in [0.2, 0.25) is 5.43 Å². The van der Waals surface area contributed by atoms with E-state index in [-0.39, 0.29) is 5.43 Å². The van der Waals surface area contributed by atoms with E-state index in [1.165, 1.54) is 0 Å². The predicted molar refractivity (Wildman–Crippen MR) is 100 cm³/mol. The van der Waals surface area contributed by atoms with Gasteiger partial charge in [-0.3, -0.25) is 4.79 Å². The summed E-state index contributed by atoms with van der Waals surface area (Å²) in [6.45, 7) is 2.15. The fourth-order valence-corrected chi connectivity index (χ4v) is 4.01. The third-order valence-corrected chi connectivity index (χ3v) is 5.26. The molecule has 3 nitrogen and oxygen atoms in total. The Morgan fingerprint density at radius 2 is 1.79 bits per heavy atom. The van der Waals surface area contributed by atoms with Crippen molar-refractivity contribution in [3.8, 4) is 11.5 Å². The molecule has 0 radical (unpaired) electrons. The number of aromatic nitrogens is 1. The average molecular weight is 335 g/mol. The molecule has 0 spiro atoms. The summed E-state index contributed by atoms with van der Waals surface area (Å²) in [5.74, 6) is 1.51. The minimum absolute atomic E-state index is 0.0417. The number of unbranched alkanes of at least 4 members (excludes halogenated alkanes) is 1. The first-order valence-corrected chi connectivity index (χ1v) is 9.15. The largest absolute Gasteiger partial charge is 0.451 e. The fourth-order valence-electron chi connectivity index (χ4n) is 2.86. The zero-order valence-corrected chi connectivity index (χ0v) is 14.2. The summed E-state index contributed by atoms with van der Waals surface area (Å²) >= 11 is 1.58. The first-order valence-electron chi connectivity index (χ1n) is 8.16. The van der Waals surface area contributed by atoms with Gasteiger partial charge in [0.15, 0.2) is 11.3 Å². The Labute approximate surface area is 144 Å². The molecule has 0 saturated carbocycles. The van der Waals surface area contributed by atoms with E-state index in [4.69, 9.17) is 9.40 Å². The number of fused-ring (bicyclic) bond motifs is 4. The topological polar surface area (TPSA) is 43.1 Å². The number of para-hydroxylation sites is 2. The summed E-state index contributed by atoms with van der Waals surface area (Å²) in [6.07, 6.45) is 2.17. The molecule has 0 saturated heterocycles. The summed E-state index contributed by atoms with van der Waals surface area (Å²) in [5, 5.41) is 1.56. The van der Waals surface area contributed by atoms with E-state index in [1.807, 2.05) is 48.5 Å². The van der Waals surface area contributed by atoms with Gasteiger partial charge in [0.05, 0.1) is 0 Å². The van der Waals surface area contributed by atoms with Crippen molar-refractivity contribution in [2.75, 3.05) is 5.75 Å². The lowest BCUT2D eigenvalue weighted by atomic mass is 10.0. The van der Waals surface area contributed by atoms with Crippen LogP contribution >= 0.6 is 11.8 Å². The van der Waals surface area contributed by atoms with Gasteiger partial charge in [0.25, 0.3) is 0 Å². The Kier molecular flexibility index (Phi) is 3.98. The van der Waals surface area contributed by atoms with Gasteiger partial charge >= 0.3 is 0 Å². The predicted octanol–water partition coefficient (Wildman–Crippen LogP) is 5.34. The van der Waals surface area contributed by atoms with Crippen LogP contribution < -0.4 is 5.43 Å². The number of rotatable bonds is 4. The molecule has 2 aromatic rings. The van der Waals surface area contributed by atoms with E-state index in [9.17, 15) is 4.79 Å². The van der Waals surface area contributed by atoms with Gasteiger partial charge in [-0.1, -0.05) is 49.7 Å². The van der Waals surface area contributed by atoms with Crippen LogP contribution in [-0.4, -0.2) is 10.7 Å². The Morgan fingerprint density at radius 3 is 2.62 bits per heavy atom. The van der Waals surface area contributed by atoms with Crippen LogP contribution in [-0.2, 0) is 0 Å². The minimum atomic E-state index is 0.0417. The maximum absolute atomic E-state index is 13.0. The van der Waals surface area contributed by atoms with Crippen molar-refractivity contribution in [1.82, 2.24) is 4.98 Å². The normalized spacial score (nSPS) is 11.5. The van der Waals surface area contributed by atoms with Crippen LogP contribution in [0.5, 0.6) is 0 Å². The molecular formula is C20H17NO2S. The van der Waals surface area contributed by atoms with E-state index in [0.29, 0.717) is 21.6 Å². The highest BCUT2D eigenvalue weighted by molar-refractivity contribution is 7.99. The van der Waals surface area contributed by atoms with Crippen molar-refractivity contribution >= 4 is 33.6 Å². The number of benzene rings is 3. The third kappa shape index (κ3) is 2.47. The summed E-state index contributed by atoms with van der Waals surface area (Å²) < 4.78 is 6.11. The van der Waals surface area contributed by atoms with Gasteiger partial charge in [0.1, 0.15) is 16.1 Å². The van der Waals surface area contributed by atoms with Crippen molar-refractivity contribution < 1.29 is 4.42 Å². The van der Waals surface area contributed by atoms with Crippen molar-refractivity contribution in [3.05, 3.63) is 58.8 Å². The molecule has 4 heteroatoms. The fraction of sp³-hybridized carbons (Fsp3) is 0.200. The Morgan fingerprint density at radius 1 is 1.04 bits per heavy atom. The number of thioether (sulfide) groups is 1. The standard InChI is InChI=1S/C20H17NO2S/c1-2-3-12-24-20-18(22)14-9-5-4-8-13(14)17-19(20)23-16-11-7-6-10-15(16)21-17/h4-11H,2-3,12H2,1H3. The first-order chi connectivity index (χ1) is 11.8. The molecule has 1 heterocycles. The summed E-state index contributed by atoms with van der Waals surface area (Å²) in [6, 6.07) is 15.3. The van der Waals surface area contributed by atoms with Crippen LogP contribution in [0.25, 0.3) is 33.3 Å². The molecule has 0 bridgehead atoms. The second-order valence-electron chi connectivity index (χ2n) is 5.77. The van der Waals surface area contributed by atoms with Crippen molar-refractivity contribution in [1.29, 1.82) is 0 Å². The van der Waals surface area contributed by atoms with Crippen LogP contribution in [0.2, 0.25) is 0 Å². The van der Waals surface area contributed by atoms with Gasteiger partial charge in [-0.2, -0.15) is 0 Å². The SMILES string of the molecule is CCCCSc1c2oc3ccccc3nc-2c2ccccc2c1=O. The molecule has 0 N–H and O–H groups in total. The van der Waals surface area contributed by atoms with E-state index < -0.39 is 0 Å². The average Bonchev–Trinajstić information content (AvgIpc) is 2.63. The van der Waals surface area contributed by atoms with Crippen LogP contribution in [0.3, 0.4) is 0 Å². The molecule has 0 amide bonds. The van der Waals surface area contributed by atoms with Crippen LogP contribution in [0, 0.1) is 0 Å². The smallest absolute Gasteiger partial charge is 0.203 e. The van der Waals surface area contributed by atoms with E-state index in [1.54, 1.807) is 11.8 Å². The van der Waals surface area contributed by atoms with Gasteiger partial charge < -0.3 is 4.42 Å². The summed E-state index contributed by atoms with van der Waals surface area (Å²) in [4.78, 5) is 18.4. The zero-order chi connectivity index (χ0) is 16.5. The molecule has 120 valence electrons. The highest BCUT2D eigenvalue weighted by Gasteiger charge is 2.22. The molecule has 2 aromatic carbocycles. The van der Waals surface area contributed by atoms with E-state index >= 15 is 0 Å². The Hall–Kier alpha value is -2.33. The first kappa shape index (κ1) is 15.2. The van der Waals surface area contributed by atoms with E-state index in [0.717, 1.165) is 35.2 Å². The molecular weight excluding hydrogens is 318 g/mol. The quantitative estimate of drug-likeness (QED) is 0.218. The lowest BCUT2D eigenvalue weighted by Crippen LogP contribution is -2.09. The zero-order valence-electron chi connectivity index (χ0n) is 13.4. The number of nitrogens with zero attached hydrogens (tertiary/aromatic N) is 1. The lowest BCUT2D eigenvalue weighted by Gasteiger charge is -2.13. The molecule has 4 rings (SSSR count). The molecule has 0 unspecified atom stereocenters. The van der Waals surface area contributed by atoms with Crippen LogP contribution in [0.4, 0.5) is 0 Å². The Bertz CT molecular complexity index is 1050. The second-order valence-corrected chi connectivity index (χ2v) is 6.87. The van der Waals surface area contributed by atoms with Crippen molar-refractivity contribution in [3.63, 3.8) is 0 Å². The van der Waals surface area contributed by atoms with Gasteiger partial charge in [-0.05, 0) is 24.3 Å². The van der Waals surface area contributed by atoms with Crippen molar-refractivity contribution in [2.24, 2.45) is 0 Å². The number of hydrogen-bond donors (Lipinski definition) is 0. The molecule has 0 aromatic heterocycles. The highest BCUT2D eigenvalue weighted by atomic mass is 32.2. The maximum Gasteiger partial charge on any atom is 0.203 e. The van der Waals surface area contributed by atoms with Gasteiger partial charge in [0, 0.05) is 10.8 Å². The van der Waals surface area contributed by atoms with Crippen LogP contribution in [0.15, 0.2) is 62.6 Å². The summed E-state index contributed by atoms with van der Waals surface area (Å²) in [7, 11) is 0. The maximum atomic E-state index is 13.0. The second kappa shape index (κ2) is 6.29. The minimum Gasteiger partial charge on any atom is -0.451 e. The Balaban J connectivity index is 2.08. The number of hydrogen-bond acceptors (Lipinski definition) is 4. The molecule has 2 aliphatic rings. The third-order valence-electron chi connectivity index (χ3n) is 4.11. The molecule has 1 aliphatic carbocycles. The van der Waals surface area contributed by atoms with Gasteiger partial charge in [-0.25, -0.2) is 4.98 Å². The molecule has 24 heavy (non-hydrogen) atoms.